The average molecular weight is 1440 g/mol. The maximum absolute atomic E-state index is 14.3. The third-order valence-electron chi connectivity index (χ3n) is 18.4. The van der Waals surface area contributed by atoms with Crippen molar-refractivity contribution in [2.45, 2.75) is 375 Å². The van der Waals surface area contributed by atoms with Crippen LogP contribution in [0, 0.1) is 0 Å². The molecule has 576 valence electrons. The number of carbonyl (C=O) groups is 3. The lowest BCUT2D eigenvalue weighted by atomic mass is 9.84. The summed E-state index contributed by atoms with van der Waals surface area (Å²) in [5.41, 5.74) is 0. The van der Waals surface area contributed by atoms with Crippen molar-refractivity contribution in [2.75, 3.05) is 26.4 Å². The quantitative estimate of drug-likeness (QED) is 0.00512. The van der Waals surface area contributed by atoms with Crippen LogP contribution in [0.25, 0.3) is 0 Å². The molecule has 2 heterocycles. The van der Waals surface area contributed by atoms with Crippen molar-refractivity contribution in [3.8, 4) is 0 Å². The molecule has 3 aliphatic rings. The Balaban J connectivity index is 1.76. The van der Waals surface area contributed by atoms with Crippen molar-refractivity contribution >= 4 is 25.7 Å². The normalized spacial score (nSPS) is 27.7. The monoisotopic (exact) mass is 1430 g/mol. The number of unbranched alkanes of at least 4 members (excludes halogenated alkanes) is 32. The summed E-state index contributed by atoms with van der Waals surface area (Å²) in [6, 6.07) is 0. The zero-order valence-corrected chi connectivity index (χ0v) is 60.9. The van der Waals surface area contributed by atoms with Crippen molar-refractivity contribution in [3.05, 3.63) is 48.6 Å². The molecule has 0 amide bonds. The van der Waals surface area contributed by atoms with Crippen molar-refractivity contribution in [1.29, 1.82) is 0 Å². The molecule has 0 bridgehead atoms. The predicted octanol–water partition coefficient (Wildman–Crippen LogP) is 10.5. The van der Waals surface area contributed by atoms with E-state index in [4.69, 9.17) is 42.2 Å². The highest BCUT2D eigenvalue weighted by Gasteiger charge is 2.58. The van der Waals surface area contributed by atoms with E-state index in [0.717, 1.165) is 109 Å². The van der Waals surface area contributed by atoms with Crippen LogP contribution >= 0.6 is 7.82 Å². The smallest absolute Gasteiger partial charge is 0.463 e. The molecule has 18 atom stereocenters. The van der Waals surface area contributed by atoms with Gasteiger partial charge in [-0.15, -0.1) is 0 Å². The number of aliphatic hydroxyl groups excluding tert-OH is 10. The van der Waals surface area contributed by atoms with Gasteiger partial charge in [-0.2, -0.15) is 0 Å². The number of phosphoric acid groups is 1. The summed E-state index contributed by atoms with van der Waals surface area (Å²) in [6.45, 7) is 3.29. The molecule has 18 unspecified atom stereocenters. The highest BCUT2D eigenvalue weighted by Crippen LogP contribution is 2.49. The molecule has 2 saturated heterocycles. The first-order valence-corrected chi connectivity index (χ1v) is 39.5. The van der Waals surface area contributed by atoms with Gasteiger partial charge in [-0.05, 0) is 77.0 Å². The standard InChI is InChI=1S/C74H131O24P/c1-4-7-10-13-16-19-22-25-28-31-34-36-39-42-45-48-58(76)90-52-55(93-60(78)50-47-44-41-38-35-32-29-26-23-20-17-14-11-8-5-2)53-92-99(88,89)98-72-70(96-73-68(86)63(81)61(79)56(51-75)94-73)66(84)65(83)67(85)71(72)97-74-69(87)64(82)62(80)57(95-74)54-91-59(77)49-46-43-40-37-33-30-27-24-21-18-15-12-9-6-3/h20,23,30,33,39,42,45,48,55-57,61-75,79-87H,4-19,21-22,24-29,31-32,34-38,40-41,43-44,46-47,49-54H2,1-3H3,(H,88,89)/b23-20-,33-30-,42-39+,48-45+. The summed E-state index contributed by atoms with van der Waals surface area (Å²) in [4.78, 5) is 50.9. The summed E-state index contributed by atoms with van der Waals surface area (Å²) in [6.07, 6.45) is 19.5. The maximum Gasteiger partial charge on any atom is 0.472 e. The second kappa shape index (κ2) is 55.4. The Labute approximate surface area is 590 Å². The van der Waals surface area contributed by atoms with Crippen molar-refractivity contribution in [1.82, 2.24) is 0 Å². The second-order valence-electron chi connectivity index (χ2n) is 27.1. The molecule has 11 N–H and O–H groups in total. The molecule has 1 saturated carbocycles. The van der Waals surface area contributed by atoms with Crippen LogP contribution in [0.5, 0.6) is 0 Å². The van der Waals surface area contributed by atoms with E-state index in [2.05, 4.69) is 45.1 Å². The van der Waals surface area contributed by atoms with Crippen LogP contribution in [0.15, 0.2) is 48.6 Å². The van der Waals surface area contributed by atoms with Crippen molar-refractivity contribution < 1.29 is 117 Å². The molecule has 2 aliphatic heterocycles. The van der Waals surface area contributed by atoms with E-state index >= 15 is 0 Å². The van der Waals surface area contributed by atoms with Crippen LogP contribution < -0.4 is 0 Å². The van der Waals surface area contributed by atoms with Crippen LogP contribution in [0.2, 0.25) is 0 Å². The van der Waals surface area contributed by atoms with E-state index in [0.29, 0.717) is 19.3 Å². The molecule has 99 heavy (non-hydrogen) atoms. The van der Waals surface area contributed by atoms with Crippen LogP contribution in [-0.2, 0) is 61.2 Å². The molecule has 0 radical (unpaired) electrons. The third-order valence-corrected chi connectivity index (χ3v) is 19.4. The Morgan fingerprint density at radius 2 is 0.788 bits per heavy atom. The van der Waals surface area contributed by atoms with Gasteiger partial charge in [0.2, 0.25) is 0 Å². The van der Waals surface area contributed by atoms with E-state index in [9.17, 15) is 74.9 Å². The Morgan fingerprint density at radius 1 is 0.414 bits per heavy atom. The van der Waals surface area contributed by atoms with Gasteiger partial charge in [0.1, 0.15) is 98.7 Å². The van der Waals surface area contributed by atoms with Crippen LogP contribution in [0.3, 0.4) is 0 Å². The first-order valence-electron chi connectivity index (χ1n) is 38.0. The molecule has 0 aromatic rings. The Bertz CT molecular complexity index is 2240. The number of hydrogen-bond donors (Lipinski definition) is 11. The minimum Gasteiger partial charge on any atom is -0.463 e. The minimum absolute atomic E-state index is 0.00357. The molecule has 0 aromatic carbocycles. The average Bonchev–Trinajstić information content (AvgIpc) is 0.765. The molecule has 0 aromatic heterocycles. The van der Waals surface area contributed by atoms with Crippen LogP contribution in [0.4, 0.5) is 0 Å². The number of esters is 3. The zero-order chi connectivity index (χ0) is 72.5. The van der Waals surface area contributed by atoms with Gasteiger partial charge in [-0.3, -0.25) is 18.6 Å². The molecule has 1 aliphatic carbocycles. The largest absolute Gasteiger partial charge is 0.472 e. The fraction of sp³-hybridized carbons (Fsp3) is 0.851. The highest BCUT2D eigenvalue weighted by molar-refractivity contribution is 7.47. The summed E-state index contributed by atoms with van der Waals surface area (Å²) in [5, 5.41) is 110. The van der Waals surface area contributed by atoms with Crippen molar-refractivity contribution in [2.24, 2.45) is 0 Å². The van der Waals surface area contributed by atoms with E-state index in [-0.39, 0.29) is 12.8 Å². The van der Waals surface area contributed by atoms with E-state index in [1.54, 1.807) is 6.08 Å². The number of hydrogen-bond acceptors (Lipinski definition) is 23. The Kier molecular flexibility index (Phi) is 50.5. The third kappa shape index (κ3) is 38.5. The summed E-state index contributed by atoms with van der Waals surface area (Å²) >= 11 is 0. The van der Waals surface area contributed by atoms with Gasteiger partial charge in [-0.1, -0.05) is 224 Å². The molecule has 3 rings (SSSR count). The maximum atomic E-state index is 14.3. The molecule has 3 fully saturated rings. The number of rotatable bonds is 58. The number of ether oxygens (including phenoxy) is 7. The number of carbonyl (C=O) groups excluding carboxylic acids is 3. The van der Waals surface area contributed by atoms with Gasteiger partial charge in [0, 0.05) is 18.9 Å². The summed E-state index contributed by atoms with van der Waals surface area (Å²) in [7, 11) is -5.72. The first kappa shape index (κ1) is 90.1. The molecular formula is C74H131O24P. The van der Waals surface area contributed by atoms with Gasteiger partial charge < -0.3 is 89.1 Å². The molecular weight excluding hydrogens is 1300 g/mol. The molecule has 0 spiro atoms. The summed E-state index contributed by atoms with van der Waals surface area (Å²) < 4.78 is 64.8. The fourth-order valence-corrected chi connectivity index (χ4v) is 13.2. The first-order chi connectivity index (χ1) is 47.8. The minimum atomic E-state index is -5.72. The highest BCUT2D eigenvalue weighted by atomic mass is 31.2. The lowest BCUT2D eigenvalue weighted by Gasteiger charge is -2.49. The zero-order valence-electron chi connectivity index (χ0n) is 60.0. The Hall–Kier alpha value is -3.08. The molecule has 25 heteroatoms. The predicted molar refractivity (Wildman–Crippen MR) is 374 cm³/mol. The van der Waals surface area contributed by atoms with Gasteiger partial charge in [-0.25, -0.2) is 9.36 Å². The van der Waals surface area contributed by atoms with Gasteiger partial charge in [0.05, 0.1) is 13.2 Å². The van der Waals surface area contributed by atoms with E-state index in [1.165, 1.54) is 122 Å². The lowest BCUT2D eigenvalue weighted by Crippen LogP contribution is -2.69. The van der Waals surface area contributed by atoms with E-state index < -0.39 is 156 Å². The topological polar surface area (TPSA) is 374 Å². The molecule has 24 nitrogen and oxygen atoms in total. The van der Waals surface area contributed by atoms with Gasteiger partial charge in [0.25, 0.3) is 0 Å². The van der Waals surface area contributed by atoms with Crippen molar-refractivity contribution in [3.63, 3.8) is 0 Å². The Morgan fingerprint density at radius 3 is 1.24 bits per heavy atom. The summed E-state index contributed by atoms with van der Waals surface area (Å²) in [5.74, 6) is -2.27. The SMILES string of the molecule is CCCCCC/C=C\CCCCCCCCCC(=O)OC(COC(=O)/C=C/C=C/CCCCCCCCCCCCC)COP(=O)(O)OC1C(OC2OC(CO)C(O)C(O)C2O)C(O)C(O)C(O)C1OC1OC(COC(=O)CCCCC/C=C\CCCCCCCCC)C(O)C(O)C1O. The van der Waals surface area contributed by atoms with Crippen LogP contribution in [0.1, 0.15) is 271 Å². The van der Waals surface area contributed by atoms with Gasteiger partial charge in [0.15, 0.2) is 18.7 Å². The fourth-order valence-electron chi connectivity index (χ4n) is 12.2. The number of phosphoric ester groups is 1. The second-order valence-corrected chi connectivity index (χ2v) is 28.5. The number of allylic oxidation sites excluding steroid dienone is 7. The van der Waals surface area contributed by atoms with Crippen LogP contribution in [-0.4, -0.2) is 204 Å². The van der Waals surface area contributed by atoms with E-state index in [1.807, 2.05) is 6.08 Å². The number of aliphatic hydroxyl groups is 10. The lowest BCUT2D eigenvalue weighted by molar-refractivity contribution is -0.360. The van der Waals surface area contributed by atoms with Gasteiger partial charge >= 0.3 is 25.7 Å².